The highest BCUT2D eigenvalue weighted by Gasteiger charge is 2.13. The molecule has 3 N–H and O–H groups in total. The molecular weight excluding hydrogens is 198 g/mol. The van der Waals surface area contributed by atoms with E-state index >= 15 is 0 Å². The second-order valence-corrected chi connectivity index (χ2v) is 5.23. The van der Waals surface area contributed by atoms with Crippen LogP contribution in [0.3, 0.4) is 0 Å². The summed E-state index contributed by atoms with van der Waals surface area (Å²) < 4.78 is 0. The Morgan fingerprint density at radius 3 is 2.50 bits per heavy atom. The van der Waals surface area contributed by atoms with E-state index in [0.29, 0.717) is 0 Å². The number of hydrogen-bond donors (Lipinski definition) is 2. The molecule has 3 heteroatoms. The Labute approximate surface area is 98.5 Å². The Kier molecular flexibility index (Phi) is 4.30. The minimum absolute atomic E-state index is 0.158. The lowest BCUT2D eigenvalue weighted by atomic mass is 9.88. The van der Waals surface area contributed by atoms with Crippen molar-refractivity contribution in [3.63, 3.8) is 0 Å². The van der Waals surface area contributed by atoms with Gasteiger partial charge < -0.3 is 11.1 Å². The molecule has 1 aromatic heterocycles. The van der Waals surface area contributed by atoms with Crippen molar-refractivity contribution in [2.45, 2.75) is 45.6 Å². The van der Waals surface area contributed by atoms with Crippen LogP contribution in [-0.4, -0.2) is 17.6 Å². The Hall–Kier alpha value is -1.09. The number of nitrogens with one attached hydrogen (secondary N) is 1. The first-order chi connectivity index (χ1) is 7.43. The number of anilines is 1. The van der Waals surface area contributed by atoms with Crippen molar-refractivity contribution >= 4 is 5.82 Å². The molecule has 1 heterocycles. The largest absolute Gasteiger partial charge is 0.369 e. The van der Waals surface area contributed by atoms with Crippen molar-refractivity contribution < 1.29 is 0 Å². The Bertz CT molecular complexity index is 311. The molecule has 1 rings (SSSR count). The third-order valence-corrected chi connectivity index (χ3v) is 2.70. The molecule has 3 nitrogen and oxygen atoms in total. The number of aromatic nitrogens is 1. The van der Waals surface area contributed by atoms with Crippen LogP contribution in [0.15, 0.2) is 18.3 Å². The molecule has 0 radical (unpaired) electrons. The van der Waals surface area contributed by atoms with E-state index in [1.165, 1.54) is 5.56 Å². The highest BCUT2D eigenvalue weighted by molar-refractivity contribution is 5.37. The minimum Gasteiger partial charge on any atom is -0.369 e. The third kappa shape index (κ3) is 3.81. The quantitative estimate of drug-likeness (QED) is 0.821. The summed E-state index contributed by atoms with van der Waals surface area (Å²) in [4.78, 5) is 4.38. The van der Waals surface area contributed by atoms with Crippen molar-refractivity contribution in [3.05, 3.63) is 23.9 Å². The molecule has 0 aliphatic heterocycles. The first-order valence-electron chi connectivity index (χ1n) is 5.89. The average Bonchev–Trinajstić information content (AvgIpc) is 2.25. The van der Waals surface area contributed by atoms with Gasteiger partial charge >= 0.3 is 0 Å². The molecule has 0 bridgehead atoms. The van der Waals surface area contributed by atoms with E-state index in [4.69, 9.17) is 5.73 Å². The summed E-state index contributed by atoms with van der Waals surface area (Å²) in [7, 11) is 0. The van der Waals surface area contributed by atoms with Gasteiger partial charge in [-0.3, -0.25) is 0 Å². The van der Waals surface area contributed by atoms with E-state index in [1.54, 1.807) is 0 Å². The second-order valence-electron chi connectivity index (χ2n) is 5.23. The third-order valence-electron chi connectivity index (χ3n) is 2.70. The van der Waals surface area contributed by atoms with E-state index in [-0.39, 0.29) is 11.5 Å². The predicted molar refractivity (Wildman–Crippen MR) is 69.7 cm³/mol. The van der Waals surface area contributed by atoms with Gasteiger partial charge in [0.2, 0.25) is 0 Å². The van der Waals surface area contributed by atoms with Crippen LogP contribution < -0.4 is 11.1 Å². The van der Waals surface area contributed by atoms with E-state index in [0.717, 1.165) is 18.8 Å². The zero-order chi connectivity index (χ0) is 12.2. The first-order valence-corrected chi connectivity index (χ1v) is 5.89. The summed E-state index contributed by atoms with van der Waals surface area (Å²) in [6.45, 7) is 9.42. The fraction of sp³-hybridized carbons (Fsp3) is 0.615. The van der Waals surface area contributed by atoms with Crippen molar-refractivity contribution in [3.8, 4) is 0 Å². The van der Waals surface area contributed by atoms with E-state index in [9.17, 15) is 0 Å². The van der Waals surface area contributed by atoms with Gasteiger partial charge in [-0.2, -0.15) is 0 Å². The van der Waals surface area contributed by atoms with Gasteiger partial charge in [0, 0.05) is 18.8 Å². The molecule has 90 valence electrons. The molecule has 1 atom stereocenters. The molecule has 0 fully saturated rings. The number of nitrogens with two attached hydrogens (primary N) is 1. The van der Waals surface area contributed by atoms with Gasteiger partial charge in [-0.1, -0.05) is 33.8 Å². The van der Waals surface area contributed by atoms with Crippen LogP contribution in [0, 0.1) is 0 Å². The smallest absolute Gasteiger partial charge is 0.125 e. The van der Waals surface area contributed by atoms with Gasteiger partial charge in [0.1, 0.15) is 5.82 Å². The molecule has 0 saturated carbocycles. The van der Waals surface area contributed by atoms with E-state index < -0.39 is 0 Å². The van der Waals surface area contributed by atoms with Crippen molar-refractivity contribution in [2.75, 3.05) is 11.9 Å². The Morgan fingerprint density at radius 1 is 1.38 bits per heavy atom. The van der Waals surface area contributed by atoms with Crippen molar-refractivity contribution in [2.24, 2.45) is 5.73 Å². The fourth-order valence-electron chi connectivity index (χ4n) is 1.32. The molecule has 0 aromatic carbocycles. The number of hydrogen-bond acceptors (Lipinski definition) is 3. The Balaban J connectivity index is 2.58. The zero-order valence-corrected chi connectivity index (χ0v) is 10.7. The molecule has 0 amide bonds. The summed E-state index contributed by atoms with van der Waals surface area (Å²) in [5.74, 6) is 0.900. The second kappa shape index (κ2) is 5.30. The Morgan fingerprint density at radius 2 is 2.06 bits per heavy atom. The lowest BCUT2D eigenvalue weighted by Gasteiger charge is -2.19. The van der Waals surface area contributed by atoms with Crippen LogP contribution in [0.2, 0.25) is 0 Å². The molecule has 1 aromatic rings. The van der Waals surface area contributed by atoms with Crippen LogP contribution in [0.5, 0.6) is 0 Å². The van der Waals surface area contributed by atoms with Gasteiger partial charge in [0.05, 0.1) is 0 Å². The first kappa shape index (κ1) is 13.0. The van der Waals surface area contributed by atoms with Crippen LogP contribution in [-0.2, 0) is 5.41 Å². The molecule has 0 saturated heterocycles. The van der Waals surface area contributed by atoms with Gasteiger partial charge in [0.25, 0.3) is 0 Å². The highest BCUT2D eigenvalue weighted by Crippen LogP contribution is 2.21. The molecule has 0 aliphatic rings. The van der Waals surface area contributed by atoms with Gasteiger partial charge in [-0.25, -0.2) is 4.98 Å². The molecular formula is C13H23N3. The number of nitrogens with zero attached hydrogens (tertiary/aromatic N) is 1. The molecule has 1 unspecified atom stereocenters. The van der Waals surface area contributed by atoms with Crippen LogP contribution in [0.1, 0.15) is 39.7 Å². The maximum Gasteiger partial charge on any atom is 0.125 e. The summed E-state index contributed by atoms with van der Waals surface area (Å²) >= 11 is 0. The number of pyridine rings is 1. The summed E-state index contributed by atoms with van der Waals surface area (Å²) in [5, 5.41) is 3.24. The van der Waals surface area contributed by atoms with Crippen LogP contribution >= 0.6 is 0 Å². The molecule has 16 heavy (non-hydrogen) atoms. The average molecular weight is 221 g/mol. The maximum atomic E-state index is 5.83. The van der Waals surface area contributed by atoms with Crippen molar-refractivity contribution in [1.82, 2.24) is 4.98 Å². The summed E-state index contributed by atoms with van der Waals surface area (Å²) in [6, 6.07) is 4.33. The standard InChI is InChI=1S/C13H23N3/c1-5-11(14)9-16-12-7-6-10(8-15-12)13(2,3)4/h6-8,11H,5,9,14H2,1-4H3,(H,15,16). The summed E-state index contributed by atoms with van der Waals surface area (Å²) in [6.07, 6.45) is 2.91. The fourth-order valence-corrected chi connectivity index (χ4v) is 1.32. The molecule has 0 aliphatic carbocycles. The monoisotopic (exact) mass is 221 g/mol. The topological polar surface area (TPSA) is 50.9 Å². The number of rotatable bonds is 4. The van der Waals surface area contributed by atoms with Crippen LogP contribution in [0.25, 0.3) is 0 Å². The summed E-state index contributed by atoms with van der Waals surface area (Å²) in [5.41, 5.74) is 7.24. The minimum atomic E-state index is 0.158. The van der Waals surface area contributed by atoms with Gasteiger partial charge in [0.15, 0.2) is 0 Å². The van der Waals surface area contributed by atoms with Gasteiger partial charge in [-0.15, -0.1) is 0 Å². The lowest BCUT2D eigenvalue weighted by Crippen LogP contribution is -2.28. The molecule has 0 spiro atoms. The lowest BCUT2D eigenvalue weighted by molar-refractivity contribution is 0.587. The van der Waals surface area contributed by atoms with Crippen molar-refractivity contribution in [1.29, 1.82) is 0 Å². The van der Waals surface area contributed by atoms with E-state index in [1.807, 2.05) is 12.3 Å². The normalized spacial score (nSPS) is 13.6. The van der Waals surface area contributed by atoms with Crippen LogP contribution in [0.4, 0.5) is 5.82 Å². The van der Waals surface area contributed by atoms with E-state index in [2.05, 4.69) is 44.1 Å². The SMILES string of the molecule is CCC(N)CNc1ccc(C(C)(C)C)cn1. The predicted octanol–water partition coefficient (Wildman–Crippen LogP) is 2.53. The maximum absolute atomic E-state index is 5.83. The van der Waals surface area contributed by atoms with Gasteiger partial charge in [-0.05, 0) is 23.5 Å². The zero-order valence-electron chi connectivity index (χ0n) is 10.7. The highest BCUT2D eigenvalue weighted by atomic mass is 15.0.